The molecular formula is C12H16N4O. The van der Waals surface area contributed by atoms with Crippen LogP contribution in [0.5, 0.6) is 0 Å². The van der Waals surface area contributed by atoms with Crippen LogP contribution in [-0.2, 0) is 17.2 Å². The van der Waals surface area contributed by atoms with Gasteiger partial charge in [0.2, 0.25) is 0 Å². The van der Waals surface area contributed by atoms with Gasteiger partial charge in [0.15, 0.2) is 5.65 Å². The maximum Gasteiger partial charge on any atom is 0.177 e. The van der Waals surface area contributed by atoms with Crippen LogP contribution < -0.4 is 5.73 Å². The summed E-state index contributed by atoms with van der Waals surface area (Å²) in [6, 6.07) is 3.92. The number of hydrogen-bond donors (Lipinski definition) is 1. The van der Waals surface area contributed by atoms with E-state index < -0.39 is 0 Å². The molecule has 0 amide bonds. The van der Waals surface area contributed by atoms with Gasteiger partial charge in [0, 0.05) is 19.3 Å². The third kappa shape index (κ3) is 1.39. The van der Waals surface area contributed by atoms with Gasteiger partial charge >= 0.3 is 0 Å². The van der Waals surface area contributed by atoms with E-state index >= 15 is 0 Å². The van der Waals surface area contributed by atoms with Gasteiger partial charge in [0.05, 0.1) is 24.1 Å². The fourth-order valence-electron chi connectivity index (χ4n) is 2.46. The number of nitrogens with zero attached hydrogens (tertiary/aromatic N) is 3. The Bertz CT molecular complexity index is 565. The van der Waals surface area contributed by atoms with E-state index in [1.165, 1.54) is 0 Å². The summed E-state index contributed by atoms with van der Waals surface area (Å²) in [6.45, 7) is 3.31. The van der Waals surface area contributed by atoms with Crippen molar-refractivity contribution >= 4 is 11.2 Å². The van der Waals surface area contributed by atoms with Crippen LogP contribution in [0, 0.1) is 0 Å². The van der Waals surface area contributed by atoms with Crippen LogP contribution in [0.4, 0.5) is 0 Å². The summed E-state index contributed by atoms with van der Waals surface area (Å²) in [6.07, 6.45) is 1.76. The lowest BCUT2D eigenvalue weighted by Gasteiger charge is -2.25. The molecule has 2 aromatic rings. The van der Waals surface area contributed by atoms with Crippen molar-refractivity contribution in [3.63, 3.8) is 0 Å². The van der Waals surface area contributed by atoms with E-state index in [4.69, 9.17) is 10.5 Å². The Kier molecular flexibility index (Phi) is 2.21. The monoisotopic (exact) mass is 232 g/mol. The minimum absolute atomic E-state index is 0.0157. The van der Waals surface area contributed by atoms with Crippen LogP contribution in [0.15, 0.2) is 18.3 Å². The van der Waals surface area contributed by atoms with Crippen molar-refractivity contribution in [1.82, 2.24) is 14.5 Å². The second-order valence-corrected chi connectivity index (χ2v) is 4.88. The molecule has 2 N–H and O–H groups in total. The minimum atomic E-state index is -0.227. The van der Waals surface area contributed by atoms with E-state index in [1.54, 1.807) is 6.20 Å². The number of ether oxygens (including phenoxy) is 1. The highest BCUT2D eigenvalue weighted by molar-refractivity contribution is 5.71. The van der Waals surface area contributed by atoms with Crippen molar-refractivity contribution in [3.8, 4) is 0 Å². The van der Waals surface area contributed by atoms with Crippen molar-refractivity contribution < 1.29 is 4.74 Å². The van der Waals surface area contributed by atoms with Crippen molar-refractivity contribution in [2.45, 2.75) is 18.4 Å². The minimum Gasteiger partial charge on any atom is -0.379 e. The van der Waals surface area contributed by atoms with Crippen molar-refractivity contribution in [2.75, 3.05) is 13.2 Å². The van der Waals surface area contributed by atoms with Gasteiger partial charge in [-0.3, -0.25) is 0 Å². The fraction of sp³-hybridized carbons (Fsp3) is 0.500. The highest BCUT2D eigenvalue weighted by atomic mass is 16.5. The van der Waals surface area contributed by atoms with Crippen LogP contribution in [0.1, 0.15) is 12.7 Å². The third-order valence-corrected chi connectivity index (χ3v) is 3.69. The second-order valence-electron chi connectivity index (χ2n) is 4.88. The molecule has 1 fully saturated rings. The highest BCUT2D eigenvalue weighted by Gasteiger charge is 2.42. The van der Waals surface area contributed by atoms with E-state index in [9.17, 15) is 0 Å². The second kappa shape index (κ2) is 3.51. The van der Waals surface area contributed by atoms with Gasteiger partial charge < -0.3 is 15.0 Å². The van der Waals surface area contributed by atoms with Crippen molar-refractivity contribution in [1.29, 1.82) is 0 Å². The standard InChI is InChI=1S/C12H16N4O/c1-12(7-17-6-9(12)13)11-15-10-8(16(11)2)4-3-5-14-10/h3-5,9H,6-7,13H2,1-2H3. The Hall–Kier alpha value is -1.46. The van der Waals surface area contributed by atoms with E-state index in [2.05, 4.69) is 21.5 Å². The van der Waals surface area contributed by atoms with Gasteiger partial charge in [0.25, 0.3) is 0 Å². The zero-order valence-electron chi connectivity index (χ0n) is 10.1. The SMILES string of the molecule is Cn1c(C2(C)COCC2N)nc2ncccc21. The average Bonchev–Trinajstić information content (AvgIpc) is 2.83. The molecule has 2 atom stereocenters. The molecule has 0 aliphatic carbocycles. The topological polar surface area (TPSA) is 66.0 Å². The Balaban J connectivity index is 2.21. The number of imidazole rings is 1. The predicted octanol–water partition coefficient (Wildman–Crippen LogP) is 0.584. The van der Waals surface area contributed by atoms with Gasteiger partial charge in [0.1, 0.15) is 5.82 Å². The Morgan fingerprint density at radius 2 is 2.41 bits per heavy atom. The predicted molar refractivity (Wildman–Crippen MR) is 64.7 cm³/mol. The van der Waals surface area contributed by atoms with Gasteiger partial charge in [-0.05, 0) is 19.1 Å². The summed E-state index contributed by atoms with van der Waals surface area (Å²) in [5.74, 6) is 0.955. The lowest BCUT2D eigenvalue weighted by atomic mass is 9.85. The molecule has 1 aliphatic heterocycles. The number of hydrogen-bond acceptors (Lipinski definition) is 4. The summed E-state index contributed by atoms with van der Waals surface area (Å²) >= 11 is 0. The lowest BCUT2D eigenvalue weighted by molar-refractivity contribution is 0.177. The largest absolute Gasteiger partial charge is 0.379 e. The molecule has 1 saturated heterocycles. The first-order valence-electron chi connectivity index (χ1n) is 5.74. The first kappa shape index (κ1) is 10.7. The van der Waals surface area contributed by atoms with E-state index in [1.807, 2.05) is 19.2 Å². The van der Waals surface area contributed by atoms with Crippen LogP contribution in [0.2, 0.25) is 0 Å². The molecular weight excluding hydrogens is 216 g/mol. The first-order chi connectivity index (χ1) is 8.13. The molecule has 2 unspecified atom stereocenters. The number of rotatable bonds is 1. The lowest BCUT2D eigenvalue weighted by Crippen LogP contribution is -2.43. The molecule has 1 aliphatic rings. The number of fused-ring (bicyclic) bond motifs is 1. The van der Waals surface area contributed by atoms with Gasteiger partial charge in [-0.25, -0.2) is 9.97 Å². The van der Waals surface area contributed by atoms with Gasteiger partial charge in [-0.1, -0.05) is 0 Å². The maximum atomic E-state index is 6.14. The summed E-state index contributed by atoms with van der Waals surface area (Å²) in [5, 5.41) is 0. The normalized spacial score (nSPS) is 29.0. The molecule has 0 bridgehead atoms. The Morgan fingerprint density at radius 1 is 1.59 bits per heavy atom. The quantitative estimate of drug-likeness (QED) is 0.781. The molecule has 0 radical (unpaired) electrons. The molecule has 5 heteroatoms. The smallest absolute Gasteiger partial charge is 0.177 e. The molecule has 0 spiro atoms. The zero-order chi connectivity index (χ0) is 12.0. The molecule has 0 aromatic carbocycles. The highest BCUT2D eigenvalue weighted by Crippen LogP contribution is 2.32. The summed E-state index contributed by atoms with van der Waals surface area (Å²) in [5.41, 5.74) is 7.71. The van der Waals surface area contributed by atoms with Crippen LogP contribution in [0.3, 0.4) is 0 Å². The summed E-state index contributed by atoms with van der Waals surface area (Å²) < 4.78 is 7.55. The number of aryl methyl sites for hydroxylation is 1. The van der Waals surface area contributed by atoms with Gasteiger partial charge in [-0.15, -0.1) is 0 Å². The molecule has 90 valence electrons. The third-order valence-electron chi connectivity index (χ3n) is 3.69. The summed E-state index contributed by atoms with van der Waals surface area (Å²) in [7, 11) is 2.00. The Labute approximate surface area is 99.6 Å². The maximum absolute atomic E-state index is 6.14. The van der Waals surface area contributed by atoms with Crippen molar-refractivity contribution in [3.05, 3.63) is 24.2 Å². The molecule has 5 nitrogen and oxygen atoms in total. The first-order valence-corrected chi connectivity index (χ1v) is 5.74. The molecule has 3 heterocycles. The van der Waals surface area contributed by atoms with Gasteiger partial charge in [-0.2, -0.15) is 0 Å². The Morgan fingerprint density at radius 3 is 3.06 bits per heavy atom. The fourth-order valence-corrected chi connectivity index (χ4v) is 2.46. The number of aromatic nitrogens is 3. The molecule has 17 heavy (non-hydrogen) atoms. The molecule has 2 aromatic heterocycles. The van der Waals surface area contributed by atoms with Crippen LogP contribution >= 0.6 is 0 Å². The van der Waals surface area contributed by atoms with Crippen LogP contribution in [-0.4, -0.2) is 33.8 Å². The molecule has 3 rings (SSSR count). The van der Waals surface area contributed by atoms with Crippen molar-refractivity contribution in [2.24, 2.45) is 12.8 Å². The zero-order valence-corrected chi connectivity index (χ0v) is 10.1. The number of pyridine rings is 1. The average molecular weight is 232 g/mol. The van der Waals surface area contributed by atoms with E-state index in [-0.39, 0.29) is 11.5 Å². The van der Waals surface area contributed by atoms with Crippen LogP contribution in [0.25, 0.3) is 11.2 Å². The van der Waals surface area contributed by atoms with E-state index in [0.29, 0.717) is 13.2 Å². The number of nitrogens with two attached hydrogens (primary N) is 1. The van der Waals surface area contributed by atoms with E-state index in [0.717, 1.165) is 17.0 Å². The summed E-state index contributed by atoms with van der Waals surface area (Å²) in [4.78, 5) is 8.88. The molecule has 0 saturated carbocycles.